The Morgan fingerprint density at radius 3 is 2.33 bits per heavy atom. The molecule has 1 unspecified atom stereocenters. The van der Waals surface area contributed by atoms with Crippen LogP contribution in [0.5, 0.6) is 0 Å². The molecule has 0 bridgehead atoms. The lowest BCUT2D eigenvalue weighted by atomic mass is 10.2. The Morgan fingerprint density at radius 1 is 1.13 bits per heavy atom. The molecule has 11 heteroatoms. The third-order valence-corrected chi connectivity index (χ3v) is 6.25. The average Bonchev–Trinajstić information content (AvgIpc) is 2.65. The van der Waals surface area contributed by atoms with Crippen molar-refractivity contribution in [1.29, 1.82) is 0 Å². The van der Waals surface area contributed by atoms with Crippen LogP contribution in [0.1, 0.15) is 22.8 Å². The van der Waals surface area contributed by atoms with Gasteiger partial charge in [0.15, 0.2) is 17.7 Å². The van der Waals surface area contributed by atoms with Crippen LogP contribution < -0.4 is 5.32 Å². The highest BCUT2D eigenvalue weighted by molar-refractivity contribution is 7.89. The molecule has 0 aliphatic heterocycles. The van der Waals surface area contributed by atoms with Crippen molar-refractivity contribution >= 4 is 39.2 Å². The molecule has 1 amide bonds. The quantitative estimate of drug-likeness (QED) is 0.527. The molecule has 1 atom stereocenters. The summed E-state index contributed by atoms with van der Waals surface area (Å²) in [5.41, 5.74) is 0.338. The van der Waals surface area contributed by atoms with Crippen LogP contribution in [0.25, 0.3) is 0 Å². The maximum atomic E-state index is 13.4. The smallest absolute Gasteiger partial charge is 0.340 e. The number of amides is 1. The van der Waals surface area contributed by atoms with Gasteiger partial charge >= 0.3 is 5.97 Å². The van der Waals surface area contributed by atoms with Gasteiger partial charge in [-0.25, -0.2) is 26.3 Å². The van der Waals surface area contributed by atoms with Crippen LogP contribution in [0, 0.1) is 18.6 Å². The molecular weight excluding hydrogens is 442 g/mol. The van der Waals surface area contributed by atoms with Gasteiger partial charge in [0.1, 0.15) is 0 Å². The number of anilines is 1. The molecule has 0 aliphatic rings. The van der Waals surface area contributed by atoms with Gasteiger partial charge in [-0.05, 0) is 43.7 Å². The second-order valence-corrected chi connectivity index (χ2v) is 9.11. The molecule has 0 spiro atoms. The zero-order valence-electron chi connectivity index (χ0n) is 16.5. The number of hydrogen-bond acceptors (Lipinski definition) is 5. The van der Waals surface area contributed by atoms with Crippen LogP contribution in [0.4, 0.5) is 14.5 Å². The molecule has 7 nitrogen and oxygen atoms in total. The van der Waals surface area contributed by atoms with Crippen LogP contribution in [0.2, 0.25) is 5.02 Å². The molecule has 1 N–H and O–H groups in total. The summed E-state index contributed by atoms with van der Waals surface area (Å²) in [6.07, 6.45) is -1.34. The van der Waals surface area contributed by atoms with E-state index in [1.807, 2.05) is 0 Å². The Morgan fingerprint density at radius 2 is 1.73 bits per heavy atom. The Labute approximate surface area is 177 Å². The van der Waals surface area contributed by atoms with Gasteiger partial charge in [0.2, 0.25) is 10.0 Å². The lowest BCUT2D eigenvalue weighted by Crippen LogP contribution is -2.30. The summed E-state index contributed by atoms with van der Waals surface area (Å²) >= 11 is 5.73. The van der Waals surface area contributed by atoms with Crippen molar-refractivity contribution in [3.63, 3.8) is 0 Å². The number of aryl methyl sites for hydroxylation is 1. The number of rotatable bonds is 6. The highest BCUT2D eigenvalue weighted by atomic mass is 35.5. The molecule has 0 saturated carbocycles. The van der Waals surface area contributed by atoms with E-state index in [0.29, 0.717) is 17.7 Å². The SMILES string of the molecule is Cc1ccc(S(=O)(=O)N(C)C)cc1NC(=O)C(C)OC(=O)c1cc(F)c(F)cc1Cl. The monoisotopic (exact) mass is 460 g/mol. The molecule has 162 valence electrons. The zero-order valence-corrected chi connectivity index (χ0v) is 18.1. The van der Waals surface area contributed by atoms with Crippen LogP contribution in [-0.2, 0) is 19.6 Å². The third kappa shape index (κ3) is 5.13. The van der Waals surface area contributed by atoms with E-state index in [1.165, 1.54) is 39.2 Å². The van der Waals surface area contributed by atoms with E-state index in [0.717, 1.165) is 4.31 Å². The van der Waals surface area contributed by atoms with Gasteiger partial charge in [0, 0.05) is 19.8 Å². The number of esters is 1. The predicted molar refractivity (Wildman–Crippen MR) is 107 cm³/mol. The number of halogens is 3. The summed E-state index contributed by atoms with van der Waals surface area (Å²) in [5.74, 6) is -4.41. The fraction of sp³-hybridized carbons (Fsp3) is 0.263. The number of ether oxygens (including phenoxy) is 1. The van der Waals surface area contributed by atoms with Crippen LogP contribution in [-0.4, -0.2) is 44.8 Å². The molecule has 0 fully saturated rings. The fourth-order valence-electron chi connectivity index (χ4n) is 2.30. The van der Waals surface area contributed by atoms with Crippen LogP contribution in [0.3, 0.4) is 0 Å². The van der Waals surface area contributed by atoms with Gasteiger partial charge in [-0.2, -0.15) is 0 Å². The highest BCUT2D eigenvalue weighted by Gasteiger charge is 2.24. The van der Waals surface area contributed by atoms with E-state index in [2.05, 4.69) is 5.32 Å². The summed E-state index contributed by atoms with van der Waals surface area (Å²) in [5, 5.41) is 2.12. The summed E-state index contributed by atoms with van der Waals surface area (Å²) in [6.45, 7) is 2.91. The number of hydrogen-bond donors (Lipinski definition) is 1. The fourth-order valence-corrected chi connectivity index (χ4v) is 3.45. The minimum Gasteiger partial charge on any atom is -0.449 e. The highest BCUT2D eigenvalue weighted by Crippen LogP contribution is 2.23. The molecule has 0 aromatic heterocycles. The molecule has 2 rings (SSSR count). The molecular formula is C19H19ClF2N2O5S. The normalized spacial score (nSPS) is 12.5. The topological polar surface area (TPSA) is 92.8 Å². The Hall–Kier alpha value is -2.56. The summed E-state index contributed by atoms with van der Waals surface area (Å²) in [4.78, 5) is 24.5. The van der Waals surface area contributed by atoms with Gasteiger partial charge in [-0.1, -0.05) is 17.7 Å². The first-order valence-corrected chi connectivity index (χ1v) is 10.4. The molecule has 0 saturated heterocycles. The summed E-state index contributed by atoms with van der Waals surface area (Å²) < 4.78 is 57.1. The summed E-state index contributed by atoms with van der Waals surface area (Å²) in [7, 11) is -0.977. The lowest BCUT2D eigenvalue weighted by molar-refractivity contribution is -0.123. The largest absolute Gasteiger partial charge is 0.449 e. The van der Waals surface area contributed by atoms with Crippen molar-refractivity contribution in [3.05, 3.63) is 58.1 Å². The van der Waals surface area contributed by atoms with E-state index in [4.69, 9.17) is 16.3 Å². The Balaban J connectivity index is 2.18. The second-order valence-electron chi connectivity index (χ2n) is 6.55. The van der Waals surface area contributed by atoms with Crippen molar-refractivity contribution in [1.82, 2.24) is 4.31 Å². The van der Waals surface area contributed by atoms with E-state index < -0.39 is 45.2 Å². The second kappa shape index (κ2) is 9.07. The molecule has 2 aromatic carbocycles. The van der Waals surface area contributed by atoms with Gasteiger partial charge in [-0.15, -0.1) is 0 Å². The Kier molecular flexibility index (Phi) is 7.17. The van der Waals surface area contributed by atoms with Crippen LogP contribution in [0.15, 0.2) is 35.2 Å². The van der Waals surface area contributed by atoms with Gasteiger partial charge in [-0.3, -0.25) is 4.79 Å². The number of benzene rings is 2. The average molecular weight is 461 g/mol. The van der Waals surface area contributed by atoms with Gasteiger partial charge in [0.05, 0.1) is 15.5 Å². The first-order valence-electron chi connectivity index (χ1n) is 8.54. The molecule has 30 heavy (non-hydrogen) atoms. The van der Waals surface area contributed by atoms with Gasteiger partial charge in [0.25, 0.3) is 5.91 Å². The first-order chi connectivity index (χ1) is 13.8. The van der Waals surface area contributed by atoms with E-state index in [1.54, 1.807) is 6.92 Å². The van der Waals surface area contributed by atoms with Crippen molar-refractivity contribution in [3.8, 4) is 0 Å². The Bertz CT molecular complexity index is 1110. The van der Waals surface area contributed by atoms with E-state index in [-0.39, 0.29) is 15.6 Å². The molecule has 2 aromatic rings. The van der Waals surface area contributed by atoms with Crippen LogP contribution >= 0.6 is 11.6 Å². The van der Waals surface area contributed by atoms with Crippen molar-refractivity contribution in [2.45, 2.75) is 24.8 Å². The van der Waals surface area contributed by atoms with Crippen molar-refractivity contribution in [2.24, 2.45) is 0 Å². The first kappa shape index (κ1) is 23.7. The summed E-state index contributed by atoms with van der Waals surface area (Å²) in [6, 6.07) is 5.39. The van der Waals surface area contributed by atoms with Crippen molar-refractivity contribution < 1.29 is 31.5 Å². The van der Waals surface area contributed by atoms with Crippen molar-refractivity contribution in [2.75, 3.05) is 19.4 Å². The number of carbonyl (C=O) groups is 2. The predicted octanol–water partition coefficient (Wildman–Crippen LogP) is 3.36. The maximum Gasteiger partial charge on any atom is 0.340 e. The lowest BCUT2D eigenvalue weighted by Gasteiger charge is -2.17. The number of nitrogens with zero attached hydrogens (tertiary/aromatic N) is 1. The molecule has 0 aliphatic carbocycles. The van der Waals surface area contributed by atoms with E-state index >= 15 is 0 Å². The maximum absolute atomic E-state index is 13.4. The number of nitrogens with one attached hydrogen (secondary N) is 1. The number of sulfonamides is 1. The third-order valence-electron chi connectivity index (χ3n) is 4.13. The zero-order chi connectivity index (χ0) is 22.8. The number of carbonyl (C=O) groups excluding carboxylic acids is 2. The molecule has 0 heterocycles. The van der Waals surface area contributed by atoms with E-state index in [9.17, 15) is 26.8 Å². The van der Waals surface area contributed by atoms with Gasteiger partial charge < -0.3 is 10.1 Å². The standard InChI is InChI=1S/C19H19ClF2N2O5S/c1-10-5-6-12(30(27,28)24(3)4)7-17(10)23-18(25)11(2)29-19(26)13-8-15(21)16(22)9-14(13)20/h5-9,11H,1-4H3,(H,23,25). The minimum absolute atomic E-state index is 0.0355. The minimum atomic E-state index is -3.72. The molecule has 0 radical (unpaired) electrons.